The van der Waals surface area contributed by atoms with E-state index in [1.165, 1.54) is 35.6 Å². The van der Waals surface area contributed by atoms with Gasteiger partial charge in [-0.3, -0.25) is 15.0 Å². The predicted octanol–water partition coefficient (Wildman–Crippen LogP) is 6.32. The molecule has 1 fully saturated rings. The molecule has 0 saturated carbocycles. The van der Waals surface area contributed by atoms with Crippen LogP contribution in [0.2, 0.25) is 0 Å². The topological polar surface area (TPSA) is 170 Å². The minimum atomic E-state index is -1.22. The Morgan fingerprint density at radius 2 is 1.58 bits per heavy atom. The Hall–Kier alpha value is -5.14. The molecular weight excluding hydrogens is 590 g/mol. The van der Waals surface area contributed by atoms with Crippen molar-refractivity contribution in [3.8, 4) is 17.1 Å². The van der Waals surface area contributed by atoms with Gasteiger partial charge in [0.2, 0.25) is 0 Å². The minimum absolute atomic E-state index is 0.0169. The molecule has 3 atom stereocenters. The van der Waals surface area contributed by atoms with Crippen LogP contribution in [0.25, 0.3) is 11.3 Å². The highest BCUT2D eigenvalue weighted by atomic mass is 16.8. The van der Waals surface area contributed by atoms with E-state index in [9.17, 15) is 24.5 Å². The molecule has 4 rings (SSSR count). The molecule has 1 aromatic heterocycles. The first-order valence-corrected chi connectivity index (χ1v) is 14.1. The standard InChI is InChI=1S/C31H35N3O11/c1-30(2,3)44-27(35)33-17-25(42-29(37)45-31(4,5)6)26(43-28(36)41-22-13-11-21(12-14-22)34(38)39)23(33)15-19-7-9-20(10-8-19)24-16-32-18-40-24/h7-14,16,18,23,25-26H,15,17H2,1-6H3/t23-,25-,26-/m0/s1. The van der Waals surface area contributed by atoms with Gasteiger partial charge in [0.15, 0.2) is 24.4 Å². The van der Waals surface area contributed by atoms with Gasteiger partial charge in [-0.1, -0.05) is 24.3 Å². The average molecular weight is 626 g/mol. The summed E-state index contributed by atoms with van der Waals surface area (Å²) in [5.74, 6) is 0.551. The molecule has 0 N–H and O–H groups in total. The summed E-state index contributed by atoms with van der Waals surface area (Å²) in [6.45, 7) is 9.95. The van der Waals surface area contributed by atoms with E-state index >= 15 is 0 Å². The quantitative estimate of drug-likeness (QED) is 0.0943. The first-order valence-electron chi connectivity index (χ1n) is 14.1. The summed E-state index contributed by atoms with van der Waals surface area (Å²) in [4.78, 5) is 54.8. The predicted molar refractivity (Wildman–Crippen MR) is 157 cm³/mol. The van der Waals surface area contributed by atoms with Crippen molar-refractivity contribution >= 4 is 24.1 Å². The Morgan fingerprint density at radius 3 is 2.13 bits per heavy atom. The number of oxazole rings is 1. The van der Waals surface area contributed by atoms with Crippen molar-refractivity contribution in [1.29, 1.82) is 0 Å². The number of hydrogen-bond donors (Lipinski definition) is 0. The van der Waals surface area contributed by atoms with E-state index < -0.39 is 52.8 Å². The molecule has 14 heteroatoms. The first-order chi connectivity index (χ1) is 21.1. The molecule has 240 valence electrons. The third kappa shape index (κ3) is 9.17. The molecule has 14 nitrogen and oxygen atoms in total. The highest BCUT2D eigenvalue weighted by Crippen LogP contribution is 2.31. The number of hydrogen-bond acceptors (Lipinski definition) is 12. The monoisotopic (exact) mass is 625 g/mol. The van der Waals surface area contributed by atoms with Gasteiger partial charge >= 0.3 is 18.4 Å². The molecule has 0 unspecified atom stereocenters. The number of carbonyl (C=O) groups is 3. The molecule has 0 spiro atoms. The van der Waals surface area contributed by atoms with Crippen LogP contribution in [-0.4, -0.2) is 69.2 Å². The molecule has 3 aromatic rings. The number of nitrogens with zero attached hydrogens (tertiary/aromatic N) is 3. The summed E-state index contributed by atoms with van der Waals surface area (Å²) < 4.78 is 32.9. The van der Waals surface area contributed by atoms with E-state index in [0.29, 0.717) is 5.76 Å². The molecular formula is C31H35N3O11. The van der Waals surface area contributed by atoms with E-state index in [0.717, 1.165) is 11.1 Å². The fourth-order valence-electron chi connectivity index (χ4n) is 4.54. The van der Waals surface area contributed by atoms with Crippen molar-refractivity contribution in [2.45, 2.75) is 77.4 Å². The lowest BCUT2D eigenvalue weighted by molar-refractivity contribution is -0.384. The summed E-state index contributed by atoms with van der Waals surface area (Å²) in [5, 5.41) is 11.0. The molecule has 0 radical (unpaired) electrons. The van der Waals surface area contributed by atoms with Crippen molar-refractivity contribution in [2.24, 2.45) is 0 Å². The van der Waals surface area contributed by atoms with Gasteiger partial charge in [0.05, 0.1) is 23.7 Å². The van der Waals surface area contributed by atoms with E-state index in [1.807, 2.05) is 24.3 Å². The molecule has 1 aliphatic rings. The first kappa shape index (κ1) is 32.8. The Labute approximate surface area is 259 Å². The van der Waals surface area contributed by atoms with Gasteiger partial charge in [-0.15, -0.1) is 0 Å². The summed E-state index contributed by atoms with van der Waals surface area (Å²) in [7, 11) is 0. The maximum atomic E-state index is 13.4. The van der Waals surface area contributed by atoms with E-state index in [4.69, 9.17) is 28.1 Å². The number of aromatic nitrogens is 1. The number of rotatable bonds is 7. The van der Waals surface area contributed by atoms with Crippen molar-refractivity contribution in [3.05, 3.63) is 76.8 Å². The van der Waals surface area contributed by atoms with Gasteiger partial charge in [0.1, 0.15) is 17.0 Å². The van der Waals surface area contributed by atoms with E-state index in [2.05, 4.69) is 4.98 Å². The Balaban J connectivity index is 1.63. The van der Waals surface area contributed by atoms with Crippen LogP contribution in [-0.2, 0) is 25.4 Å². The molecule has 1 saturated heterocycles. The zero-order chi connectivity index (χ0) is 32.9. The lowest BCUT2D eigenvalue weighted by Crippen LogP contribution is -2.45. The zero-order valence-corrected chi connectivity index (χ0v) is 25.8. The van der Waals surface area contributed by atoms with Crippen molar-refractivity contribution in [1.82, 2.24) is 9.88 Å². The highest BCUT2D eigenvalue weighted by molar-refractivity contribution is 5.70. The number of benzene rings is 2. The van der Waals surface area contributed by atoms with Crippen LogP contribution < -0.4 is 4.74 Å². The summed E-state index contributed by atoms with van der Waals surface area (Å²) in [5.41, 5.74) is -0.393. The van der Waals surface area contributed by atoms with E-state index in [1.54, 1.807) is 47.7 Å². The molecule has 0 aliphatic carbocycles. The maximum absolute atomic E-state index is 13.4. The second kappa shape index (κ2) is 13.2. The molecule has 2 aromatic carbocycles. The van der Waals surface area contributed by atoms with Crippen molar-refractivity contribution < 1.29 is 47.4 Å². The number of non-ortho nitro benzene ring substituents is 1. The lowest BCUT2D eigenvalue weighted by atomic mass is 9.99. The van der Waals surface area contributed by atoms with Gasteiger partial charge in [0.25, 0.3) is 5.69 Å². The number of carbonyl (C=O) groups excluding carboxylic acids is 3. The van der Waals surface area contributed by atoms with Gasteiger partial charge in [-0.2, -0.15) is 0 Å². The van der Waals surface area contributed by atoms with Crippen LogP contribution in [0.5, 0.6) is 5.75 Å². The van der Waals surface area contributed by atoms with Crippen LogP contribution in [0.15, 0.2) is 65.5 Å². The van der Waals surface area contributed by atoms with Crippen LogP contribution in [0.4, 0.5) is 20.1 Å². The third-order valence-electron chi connectivity index (χ3n) is 6.38. The second-order valence-corrected chi connectivity index (χ2v) is 12.3. The van der Waals surface area contributed by atoms with Crippen LogP contribution in [0.1, 0.15) is 47.1 Å². The number of nitro groups is 1. The molecule has 45 heavy (non-hydrogen) atoms. The number of ether oxygens (including phenoxy) is 5. The molecule has 2 heterocycles. The van der Waals surface area contributed by atoms with E-state index in [-0.39, 0.29) is 24.4 Å². The smallest absolute Gasteiger partial charge is 0.444 e. The Kier molecular flexibility index (Phi) is 9.64. The SMILES string of the molecule is CC(C)(C)OC(=O)O[C@H]1CN(C(=O)OC(C)(C)C)[C@@H](Cc2ccc(-c3cnco3)cc2)[C@@H]1OC(=O)Oc1ccc([N+](=O)[O-])cc1. The summed E-state index contributed by atoms with van der Waals surface area (Å²) in [6, 6.07) is 11.2. The fourth-order valence-corrected chi connectivity index (χ4v) is 4.54. The Morgan fingerprint density at radius 1 is 0.933 bits per heavy atom. The zero-order valence-electron chi connectivity index (χ0n) is 25.8. The molecule has 0 bridgehead atoms. The largest absolute Gasteiger partial charge is 0.514 e. The number of nitro benzene ring substituents is 1. The van der Waals surface area contributed by atoms with Crippen LogP contribution in [0, 0.1) is 10.1 Å². The van der Waals surface area contributed by atoms with Gasteiger partial charge in [-0.25, -0.2) is 19.4 Å². The number of amides is 1. The molecule has 1 aliphatic heterocycles. The van der Waals surface area contributed by atoms with Gasteiger partial charge < -0.3 is 28.1 Å². The Bertz CT molecular complexity index is 1490. The third-order valence-corrected chi connectivity index (χ3v) is 6.38. The molecule has 1 amide bonds. The average Bonchev–Trinajstić information content (AvgIpc) is 3.57. The highest BCUT2D eigenvalue weighted by Gasteiger charge is 2.50. The van der Waals surface area contributed by atoms with Crippen LogP contribution >= 0.6 is 0 Å². The van der Waals surface area contributed by atoms with Crippen molar-refractivity contribution in [3.63, 3.8) is 0 Å². The van der Waals surface area contributed by atoms with Crippen molar-refractivity contribution in [2.75, 3.05) is 6.54 Å². The van der Waals surface area contributed by atoms with Gasteiger partial charge in [0, 0.05) is 17.7 Å². The van der Waals surface area contributed by atoms with Gasteiger partial charge in [-0.05, 0) is 65.7 Å². The lowest BCUT2D eigenvalue weighted by Gasteiger charge is -2.30. The minimum Gasteiger partial charge on any atom is -0.444 e. The fraction of sp³-hybridized carbons (Fsp3) is 0.419. The summed E-state index contributed by atoms with van der Waals surface area (Å²) >= 11 is 0. The summed E-state index contributed by atoms with van der Waals surface area (Å²) in [6.07, 6.45) is -2.22. The normalized spacial score (nSPS) is 18.2. The second-order valence-electron chi connectivity index (χ2n) is 12.3. The van der Waals surface area contributed by atoms with Crippen LogP contribution in [0.3, 0.4) is 0 Å². The maximum Gasteiger partial charge on any atom is 0.514 e. The number of likely N-dealkylation sites (tertiary alicyclic amines) is 1.